The van der Waals surface area contributed by atoms with E-state index in [4.69, 9.17) is 20.3 Å². The van der Waals surface area contributed by atoms with Crippen LogP contribution in [0.4, 0.5) is 0 Å². The lowest BCUT2D eigenvalue weighted by Crippen LogP contribution is -2.31. The summed E-state index contributed by atoms with van der Waals surface area (Å²) in [5.41, 5.74) is 1.12. The first-order chi connectivity index (χ1) is 12.2. The largest absolute Gasteiger partial charge is 0.481 e. The van der Waals surface area contributed by atoms with E-state index >= 15 is 0 Å². The van der Waals surface area contributed by atoms with Gasteiger partial charge in [-0.3, -0.25) is 4.90 Å². The SMILES string of the molecule is C#CCOc1ccccc1CN(Cc1ccc(C)o1)C[C@H]1CCCO1. The Kier molecular flexibility index (Phi) is 6.16. The number of hydrogen-bond acceptors (Lipinski definition) is 4. The summed E-state index contributed by atoms with van der Waals surface area (Å²) in [5.74, 6) is 5.27. The third-order valence-electron chi connectivity index (χ3n) is 4.34. The summed E-state index contributed by atoms with van der Waals surface area (Å²) in [6.07, 6.45) is 7.87. The summed E-state index contributed by atoms with van der Waals surface area (Å²) in [5, 5.41) is 0. The normalized spacial score (nSPS) is 16.9. The number of aryl methyl sites for hydroxylation is 1. The summed E-state index contributed by atoms with van der Waals surface area (Å²) < 4.78 is 17.3. The topological polar surface area (TPSA) is 34.8 Å². The molecule has 0 bridgehead atoms. The maximum Gasteiger partial charge on any atom is 0.148 e. The van der Waals surface area contributed by atoms with Crippen LogP contribution in [0.3, 0.4) is 0 Å². The lowest BCUT2D eigenvalue weighted by molar-refractivity contribution is 0.0651. The van der Waals surface area contributed by atoms with Gasteiger partial charge in [0.05, 0.1) is 12.6 Å². The Labute approximate surface area is 149 Å². The zero-order chi connectivity index (χ0) is 17.5. The molecule has 2 aromatic rings. The molecule has 0 saturated carbocycles. The van der Waals surface area contributed by atoms with Gasteiger partial charge in [-0.1, -0.05) is 24.1 Å². The second-order valence-electron chi connectivity index (χ2n) is 6.42. The Bertz CT molecular complexity index is 710. The standard InChI is InChI=1S/C21H25NO3/c1-3-12-24-21-9-5-4-7-18(21)14-22(15-19-8-6-13-23-19)16-20-11-10-17(2)25-20/h1,4-5,7,9-11,19H,6,8,12-16H2,2H3/t19-/m1/s1. The van der Waals surface area contributed by atoms with E-state index in [0.717, 1.165) is 61.9 Å². The molecule has 132 valence electrons. The van der Waals surface area contributed by atoms with Crippen molar-refractivity contribution in [2.45, 2.75) is 39.0 Å². The highest BCUT2D eigenvalue weighted by Gasteiger charge is 2.21. The zero-order valence-electron chi connectivity index (χ0n) is 14.7. The van der Waals surface area contributed by atoms with Gasteiger partial charge < -0.3 is 13.9 Å². The lowest BCUT2D eigenvalue weighted by Gasteiger charge is -2.25. The van der Waals surface area contributed by atoms with Gasteiger partial charge in [0.1, 0.15) is 23.9 Å². The van der Waals surface area contributed by atoms with E-state index < -0.39 is 0 Å². The van der Waals surface area contributed by atoms with Crippen LogP contribution in [0.25, 0.3) is 0 Å². The van der Waals surface area contributed by atoms with Crippen molar-refractivity contribution in [2.24, 2.45) is 0 Å². The predicted octanol–water partition coefficient (Wildman–Crippen LogP) is 3.78. The number of terminal acetylenes is 1. The molecule has 1 saturated heterocycles. The second kappa shape index (κ2) is 8.75. The van der Waals surface area contributed by atoms with Crippen LogP contribution < -0.4 is 4.74 Å². The first kappa shape index (κ1) is 17.6. The van der Waals surface area contributed by atoms with Crippen LogP contribution in [0, 0.1) is 19.3 Å². The maximum atomic E-state index is 5.83. The van der Waals surface area contributed by atoms with Gasteiger partial charge in [-0.15, -0.1) is 6.42 Å². The van der Waals surface area contributed by atoms with E-state index in [1.165, 1.54) is 0 Å². The molecule has 1 aliphatic heterocycles. The average molecular weight is 339 g/mol. The lowest BCUT2D eigenvalue weighted by atomic mass is 10.1. The molecule has 2 heterocycles. The Morgan fingerprint density at radius 1 is 1.24 bits per heavy atom. The molecule has 0 spiro atoms. The highest BCUT2D eigenvalue weighted by Crippen LogP contribution is 2.23. The first-order valence-corrected chi connectivity index (χ1v) is 8.78. The van der Waals surface area contributed by atoms with Crippen molar-refractivity contribution in [3.63, 3.8) is 0 Å². The van der Waals surface area contributed by atoms with Crippen molar-refractivity contribution >= 4 is 0 Å². The van der Waals surface area contributed by atoms with Crippen molar-refractivity contribution in [1.82, 2.24) is 4.90 Å². The van der Waals surface area contributed by atoms with Gasteiger partial charge in [-0.25, -0.2) is 0 Å². The number of para-hydroxylation sites is 1. The summed E-state index contributed by atoms with van der Waals surface area (Å²) in [6.45, 7) is 5.50. The van der Waals surface area contributed by atoms with E-state index in [9.17, 15) is 0 Å². The molecule has 0 radical (unpaired) electrons. The van der Waals surface area contributed by atoms with E-state index in [2.05, 4.69) is 16.9 Å². The number of benzene rings is 1. The van der Waals surface area contributed by atoms with Gasteiger partial charge in [-0.05, 0) is 38.0 Å². The van der Waals surface area contributed by atoms with Crippen molar-refractivity contribution in [2.75, 3.05) is 19.8 Å². The second-order valence-corrected chi connectivity index (χ2v) is 6.42. The molecule has 1 aromatic carbocycles. The molecule has 25 heavy (non-hydrogen) atoms. The zero-order valence-corrected chi connectivity index (χ0v) is 14.7. The van der Waals surface area contributed by atoms with Crippen LogP contribution in [0.1, 0.15) is 29.9 Å². The Balaban J connectivity index is 1.73. The van der Waals surface area contributed by atoms with Crippen LogP contribution in [-0.4, -0.2) is 30.8 Å². The molecular formula is C21H25NO3. The summed E-state index contributed by atoms with van der Waals surface area (Å²) >= 11 is 0. The van der Waals surface area contributed by atoms with E-state index in [1.807, 2.05) is 37.3 Å². The van der Waals surface area contributed by atoms with Crippen LogP contribution in [0.5, 0.6) is 5.75 Å². The van der Waals surface area contributed by atoms with Gasteiger partial charge in [0.15, 0.2) is 0 Å². The fourth-order valence-corrected chi connectivity index (χ4v) is 3.19. The third-order valence-corrected chi connectivity index (χ3v) is 4.34. The Hall–Kier alpha value is -2.22. The molecule has 0 unspecified atom stereocenters. The molecule has 1 fully saturated rings. The third kappa shape index (κ3) is 5.12. The number of ether oxygens (including phenoxy) is 2. The Morgan fingerprint density at radius 3 is 2.84 bits per heavy atom. The quantitative estimate of drug-likeness (QED) is 0.686. The summed E-state index contributed by atoms with van der Waals surface area (Å²) in [4.78, 5) is 2.35. The fourth-order valence-electron chi connectivity index (χ4n) is 3.19. The van der Waals surface area contributed by atoms with Crippen LogP contribution in [-0.2, 0) is 17.8 Å². The van der Waals surface area contributed by atoms with E-state index in [-0.39, 0.29) is 12.7 Å². The highest BCUT2D eigenvalue weighted by atomic mass is 16.5. The highest BCUT2D eigenvalue weighted by molar-refractivity contribution is 5.33. The number of rotatable bonds is 8. The van der Waals surface area contributed by atoms with Gasteiger partial charge in [0.2, 0.25) is 0 Å². The van der Waals surface area contributed by atoms with Crippen molar-refractivity contribution in [3.05, 3.63) is 53.5 Å². The number of nitrogens with zero attached hydrogens (tertiary/aromatic N) is 1. The molecule has 0 amide bonds. The number of hydrogen-bond donors (Lipinski definition) is 0. The average Bonchev–Trinajstić information content (AvgIpc) is 3.26. The van der Waals surface area contributed by atoms with Gasteiger partial charge in [-0.2, -0.15) is 0 Å². The molecule has 4 heteroatoms. The van der Waals surface area contributed by atoms with Crippen molar-refractivity contribution in [1.29, 1.82) is 0 Å². The fraction of sp³-hybridized carbons (Fsp3) is 0.429. The number of furan rings is 1. The van der Waals surface area contributed by atoms with Gasteiger partial charge in [0.25, 0.3) is 0 Å². The molecular weight excluding hydrogens is 314 g/mol. The molecule has 1 aromatic heterocycles. The minimum absolute atomic E-state index is 0.278. The van der Waals surface area contributed by atoms with Crippen molar-refractivity contribution in [3.8, 4) is 18.1 Å². The molecule has 1 aliphatic rings. The molecule has 4 nitrogen and oxygen atoms in total. The van der Waals surface area contributed by atoms with Crippen LogP contribution >= 0.6 is 0 Å². The van der Waals surface area contributed by atoms with E-state index in [0.29, 0.717) is 0 Å². The maximum absolute atomic E-state index is 5.83. The van der Waals surface area contributed by atoms with E-state index in [1.54, 1.807) is 0 Å². The van der Waals surface area contributed by atoms with Crippen molar-refractivity contribution < 1.29 is 13.9 Å². The molecule has 0 N–H and O–H groups in total. The molecule has 1 atom stereocenters. The molecule has 3 rings (SSSR count). The summed E-state index contributed by atoms with van der Waals surface area (Å²) in [7, 11) is 0. The summed E-state index contributed by atoms with van der Waals surface area (Å²) in [6, 6.07) is 12.1. The van der Waals surface area contributed by atoms with Crippen LogP contribution in [0.2, 0.25) is 0 Å². The first-order valence-electron chi connectivity index (χ1n) is 8.78. The Morgan fingerprint density at radius 2 is 2.12 bits per heavy atom. The minimum atomic E-state index is 0.278. The minimum Gasteiger partial charge on any atom is -0.481 e. The smallest absolute Gasteiger partial charge is 0.148 e. The van der Waals surface area contributed by atoms with Gasteiger partial charge in [0, 0.05) is 25.3 Å². The van der Waals surface area contributed by atoms with Crippen LogP contribution in [0.15, 0.2) is 40.8 Å². The van der Waals surface area contributed by atoms with Gasteiger partial charge >= 0.3 is 0 Å². The monoisotopic (exact) mass is 339 g/mol. The predicted molar refractivity (Wildman–Crippen MR) is 97.3 cm³/mol. The molecule has 0 aliphatic carbocycles.